The van der Waals surface area contributed by atoms with E-state index in [2.05, 4.69) is 27.7 Å². The summed E-state index contributed by atoms with van der Waals surface area (Å²) in [7, 11) is -2.19. The molecule has 0 heterocycles. The highest BCUT2D eigenvalue weighted by Crippen LogP contribution is 2.43. The first kappa shape index (κ1) is 12.0. The maximum Gasteiger partial charge on any atom is 0.453 e. The third-order valence-electron chi connectivity index (χ3n) is 0.620. The molecule has 1 N–H and O–H groups in total. The molecular weight excluding hydrogens is 226 g/mol. The lowest BCUT2D eigenvalue weighted by molar-refractivity contribution is 0.212. The SMILES string of the molecule is CCCOP(=O)(O)O[S-](=P)=S. The van der Waals surface area contributed by atoms with Crippen molar-refractivity contribution in [3.63, 3.8) is 0 Å². The van der Waals surface area contributed by atoms with Crippen LogP contribution < -0.4 is 0 Å². The Morgan fingerprint density at radius 1 is 1.82 bits per heavy atom. The van der Waals surface area contributed by atoms with E-state index in [0.717, 1.165) is 0 Å². The molecule has 0 bridgehead atoms. The first-order valence-electron chi connectivity index (χ1n) is 2.78. The number of hydrogen-bond donors (Lipinski definition) is 1. The molecule has 0 fully saturated rings. The van der Waals surface area contributed by atoms with Crippen LogP contribution in [-0.2, 0) is 33.2 Å². The standard InChI is InChI=1S/C3H9O4P2S2/c1-2-3-6-9(4,5)7-11(8)10/h8H,2-3H2,1H3,(H,4,5)/q-1. The van der Waals surface area contributed by atoms with Crippen molar-refractivity contribution in [2.45, 2.75) is 13.3 Å². The van der Waals surface area contributed by atoms with Crippen LogP contribution in [-0.4, -0.2) is 11.5 Å². The van der Waals surface area contributed by atoms with Crippen molar-refractivity contribution in [2.24, 2.45) is 0 Å². The molecule has 0 aromatic carbocycles. The van der Waals surface area contributed by atoms with Gasteiger partial charge in [0, 0.05) is 0 Å². The Hall–Kier alpha value is 0.980. The van der Waals surface area contributed by atoms with Crippen molar-refractivity contribution in [3.8, 4) is 0 Å². The smallest absolute Gasteiger partial charge is 0.384 e. The summed E-state index contributed by atoms with van der Waals surface area (Å²) < 4.78 is 19.7. The normalized spacial score (nSPS) is 16.6. The van der Waals surface area contributed by atoms with E-state index in [-0.39, 0.29) is 6.61 Å². The van der Waals surface area contributed by atoms with E-state index in [9.17, 15) is 4.57 Å². The highest BCUT2D eigenvalue weighted by Gasteiger charge is 2.14. The maximum atomic E-state index is 10.8. The maximum absolute atomic E-state index is 10.8. The minimum atomic E-state index is -3.91. The second kappa shape index (κ2) is 5.60. The molecule has 0 rings (SSSR count). The van der Waals surface area contributed by atoms with Gasteiger partial charge in [-0.3, -0.25) is 13.4 Å². The number of rotatable bonds is 5. The van der Waals surface area contributed by atoms with Gasteiger partial charge in [-0.05, 0) is 6.42 Å². The molecule has 0 saturated heterocycles. The fourth-order valence-corrected chi connectivity index (χ4v) is 3.12. The van der Waals surface area contributed by atoms with Gasteiger partial charge < -0.3 is 8.86 Å². The summed E-state index contributed by atoms with van der Waals surface area (Å²) in [6.07, 6.45) is 0.654. The Morgan fingerprint density at radius 2 is 2.36 bits per heavy atom. The number of phosphoric acid groups is 1. The molecule has 68 valence electrons. The Morgan fingerprint density at radius 3 is 2.73 bits per heavy atom. The summed E-state index contributed by atoms with van der Waals surface area (Å²) in [6, 6.07) is 0. The van der Waals surface area contributed by atoms with E-state index in [1.54, 1.807) is 0 Å². The molecule has 0 spiro atoms. The molecule has 1 unspecified atom stereocenters. The molecule has 0 aliphatic heterocycles. The first-order valence-corrected chi connectivity index (χ1v) is 7.58. The molecule has 8 heteroatoms. The summed E-state index contributed by atoms with van der Waals surface area (Å²) in [5, 5.41) is 0. The molecular formula is C3H9O4P2S2-. The molecule has 0 radical (unpaired) electrons. The molecule has 0 aliphatic rings. The van der Waals surface area contributed by atoms with Crippen molar-refractivity contribution in [1.82, 2.24) is 0 Å². The highest BCUT2D eigenvalue weighted by atomic mass is 32.9. The second-order valence-electron chi connectivity index (χ2n) is 1.61. The predicted molar refractivity (Wildman–Crippen MR) is 50.2 cm³/mol. The van der Waals surface area contributed by atoms with Crippen LogP contribution in [0.4, 0.5) is 0 Å². The van der Waals surface area contributed by atoms with Gasteiger partial charge in [0.25, 0.3) is 0 Å². The molecule has 11 heavy (non-hydrogen) atoms. The third-order valence-corrected chi connectivity index (χ3v) is 3.64. The zero-order valence-electron chi connectivity index (χ0n) is 5.85. The van der Waals surface area contributed by atoms with Gasteiger partial charge in [0.1, 0.15) is 0 Å². The Labute approximate surface area is 74.2 Å². The van der Waals surface area contributed by atoms with Crippen molar-refractivity contribution in [2.75, 3.05) is 6.61 Å². The van der Waals surface area contributed by atoms with Crippen molar-refractivity contribution in [3.05, 3.63) is 0 Å². The van der Waals surface area contributed by atoms with E-state index in [4.69, 9.17) is 4.89 Å². The van der Waals surface area contributed by atoms with Gasteiger partial charge in [0.15, 0.2) is 0 Å². The lowest BCUT2D eigenvalue weighted by Crippen LogP contribution is -1.93. The van der Waals surface area contributed by atoms with Crippen molar-refractivity contribution in [1.29, 1.82) is 0 Å². The Bertz CT molecular complexity index is 217. The highest BCUT2D eigenvalue weighted by molar-refractivity contribution is 8.37. The summed E-state index contributed by atoms with van der Waals surface area (Å²) >= 11 is 4.48. The molecule has 0 aliphatic carbocycles. The lowest BCUT2D eigenvalue weighted by Gasteiger charge is -2.14. The summed E-state index contributed by atoms with van der Waals surface area (Å²) in [6.45, 7) is 2.01. The van der Waals surface area contributed by atoms with Crippen molar-refractivity contribution < 1.29 is 18.0 Å². The first-order chi connectivity index (χ1) is 4.98. The van der Waals surface area contributed by atoms with Crippen LogP contribution >= 0.6 is 15.8 Å². The van der Waals surface area contributed by atoms with Gasteiger partial charge in [-0.15, -0.1) is 0 Å². The molecule has 4 nitrogen and oxygen atoms in total. The van der Waals surface area contributed by atoms with Gasteiger partial charge in [-0.2, -0.15) is 0 Å². The van der Waals surface area contributed by atoms with E-state index >= 15 is 0 Å². The van der Waals surface area contributed by atoms with Crippen LogP contribution in [0, 0.1) is 0 Å². The monoisotopic (exact) mass is 235 g/mol. The average molecular weight is 235 g/mol. The third kappa shape index (κ3) is 7.34. The molecule has 1 atom stereocenters. The van der Waals surface area contributed by atoms with E-state index in [0.29, 0.717) is 6.42 Å². The van der Waals surface area contributed by atoms with Gasteiger partial charge >= 0.3 is 7.82 Å². The number of hydrogen-bond acceptors (Lipinski definition) is 5. The quantitative estimate of drug-likeness (QED) is 0.579. The molecule has 0 aromatic heterocycles. The topological polar surface area (TPSA) is 55.8 Å². The van der Waals surface area contributed by atoms with Crippen LogP contribution in [0.25, 0.3) is 0 Å². The van der Waals surface area contributed by atoms with Gasteiger partial charge in [-0.1, -0.05) is 6.92 Å². The zero-order valence-corrected chi connectivity index (χ0v) is 9.38. The van der Waals surface area contributed by atoms with Crippen LogP contribution in [0.3, 0.4) is 0 Å². The van der Waals surface area contributed by atoms with Gasteiger partial charge in [0.05, 0.1) is 6.61 Å². The number of phosphoric ester groups is 1. The van der Waals surface area contributed by atoms with Crippen molar-refractivity contribution >= 4 is 35.9 Å². The largest absolute Gasteiger partial charge is 0.453 e. The fourth-order valence-electron chi connectivity index (χ4n) is 0.314. The van der Waals surface area contributed by atoms with Crippen LogP contribution in [0.15, 0.2) is 0 Å². The van der Waals surface area contributed by atoms with Gasteiger partial charge in [0.2, 0.25) is 0 Å². The summed E-state index contributed by atoms with van der Waals surface area (Å²) in [4.78, 5) is 8.84. The zero-order chi connectivity index (χ0) is 8.91. The van der Waals surface area contributed by atoms with Crippen LogP contribution in [0.1, 0.15) is 13.3 Å². The van der Waals surface area contributed by atoms with E-state index in [1.807, 2.05) is 6.92 Å². The molecule has 0 amide bonds. The minimum absolute atomic E-state index is 0.187. The Balaban J connectivity index is 3.90. The fraction of sp³-hybridized carbons (Fsp3) is 1.00. The average Bonchev–Trinajstić information content (AvgIpc) is 1.81. The summed E-state index contributed by atoms with van der Waals surface area (Å²) in [5.41, 5.74) is 0. The van der Waals surface area contributed by atoms with Gasteiger partial charge in [-0.25, -0.2) is 23.8 Å². The van der Waals surface area contributed by atoms with Crippen LogP contribution in [0.2, 0.25) is 0 Å². The van der Waals surface area contributed by atoms with E-state index < -0.39 is 16.7 Å². The van der Waals surface area contributed by atoms with Crippen LogP contribution in [0.5, 0.6) is 0 Å². The van der Waals surface area contributed by atoms with E-state index in [1.165, 1.54) is 0 Å². The second-order valence-corrected chi connectivity index (χ2v) is 6.78. The predicted octanol–water partition coefficient (Wildman–Crippen LogP) is 1.58. The molecule has 0 aromatic rings. The Kier molecular flexibility index (Phi) is 6.09. The minimum Gasteiger partial charge on any atom is -0.384 e. The lowest BCUT2D eigenvalue weighted by atomic mass is 10.5. The molecule has 0 saturated carbocycles. The summed E-state index contributed by atoms with van der Waals surface area (Å²) in [5.74, 6) is 0.